The Hall–Kier alpha value is -2.62. The van der Waals surface area contributed by atoms with Gasteiger partial charge in [-0.2, -0.15) is 5.26 Å². The largest absolute Gasteiger partial charge is 0.374 e. The third-order valence-electron chi connectivity index (χ3n) is 2.43. The molecule has 0 bridgehead atoms. The molecule has 0 saturated carbocycles. The maximum Gasteiger partial charge on any atom is 0.309 e. The number of para-hydroxylation sites is 1. The van der Waals surface area contributed by atoms with E-state index in [4.69, 9.17) is 11.0 Å². The van der Waals surface area contributed by atoms with Crippen LogP contribution in [0.15, 0.2) is 18.2 Å². The van der Waals surface area contributed by atoms with Crippen LogP contribution >= 0.6 is 0 Å². The molecule has 0 aliphatic carbocycles. The summed E-state index contributed by atoms with van der Waals surface area (Å²) in [6, 6.07) is 6.16. The Morgan fingerprint density at radius 1 is 1.58 bits per heavy atom. The molecule has 7 heteroatoms. The Balaban J connectivity index is 3.18. The molecule has 100 valence electrons. The average molecular weight is 262 g/mol. The van der Waals surface area contributed by atoms with Crippen LogP contribution in [0.4, 0.5) is 11.4 Å². The molecular weight excluding hydrogens is 248 g/mol. The number of nitrogens with two attached hydrogens (primary N) is 1. The summed E-state index contributed by atoms with van der Waals surface area (Å²) in [5.41, 5.74) is 4.23. The topological polar surface area (TPSA) is 122 Å². The lowest BCUT2D eigenvalue weighted by molar-refractivity contribution is -0.384. The fourth-order valence-corrected chi connectivity index (χ4v) is 1.78. The smallest absolute Gasteiger partial charge is 0.309 e. The quantitative estimate of drug-likeness (QED) is 0.615. The molecule has 0 fully saturated rings. The summed E-state index contributed by atoms with van der Waals surface area (Å²) in [6.45, 7) is 3.39. The first-order chi connectivity index (χ1) is 8.76. The van der Waals surface area contributed by atoms with Crippen molar-refractivity contribution < 1.29 is 9.72 Å². The Kier molecular flexibility index (Phi) is 4.07. The Morgan fingerprint density at radius 2 is 2.21 bits per heavy atom. The van der Waals surface area contributed by atoms with Crippen molar-refractivity contribution in [3.63, 3.8) is 0 Å². The third-order valence-corrected chi connectivity index (χ3v) is 2.43. The van der Waals surface area contributed by atoms with Gasteiger partial charge in [-0.25, -0.2) is 0 Å². The van der Waals surface area contributed by atoms with E-state index in [0.717, 1.165) is 0 Å². The molecule has 0 aromatic heterocycles. The highest BCUT2D eigenvalue weighted by atomic mass is 16.6. The van der Waals surface area contributed by atoms with E-state index in [9.17, 15) is 14.9 Å². The summed E-state index contributed by atoms with van der Waals surface area (Å²) < 4.78 is 0. The predicted octanol–water partition coefficient (Wildman–Crippen LogP) is 1.53. The van der Waals surface area contributed by atoms with Crippen LogP contribution in [0.25, 0.3) is 0 Å². The van der Waals surface area contributed by atoms with Gasteiger partial charge in [0.25, 0.3) is 0 Å². The third kappa shape index (κ3) is 3.67. The molecule has 1 rings (SSSR count). The lowest BCUT2D eigenvalue weighted by Crippen LogP contribution is -2.36. The first-order valence-electron chi connectivity index (χ1n) is 5.51. The van der Waals surface area contributed by atoms with Crippen molar-refractivity contribution in [2.75, 3.05) is 5.32 Å². The molecule has 1 amide bonds. The van der Waals surface area contributed by atoms with E-state index in [2.05, 4.69) is 5.32 Å². The maximum atomic E-state index is 11.0. The Morgan fingerprint density at radius 3 is 2.68 bits per heavy atom. The SMILES string of the molecule is CC(C)(CC(N)=O)Nc1cccc(C#N)c1[N+](=O)[O-]. The summed E-state index contributed by atoms with van der Waals surface area (Å²) in [6.07, 6.45) is 0.0148. The summed E-state index contributed by atoms with van der Waals surface area (Å²) in [5, 5.41) is 22.8. The molecule has 0 unspecified atom stereocenters. The minimum Gasteiger partial charge on any atom is -0.374 e. The van der Waals surface area contributed by atoms with Crippen LogP contribution in [0.2, 0.25) is 0 Å². The monoisotopic (exact) mass is 262 g/mol. The van der Waals surface area contributed by atoms with Gasteiger partial charge in [-0.3, -0.25) is 14.9 Å². The molecule has 0 aliphatic heterocycles. The van der Waals surface area contributed by atoms with Gasteiger partial charge in [0.2, 0.25) is 5.91 Å². The Bertz CT molecular complexity index is 561. The molecule has 0 spiro atoms. The minimum atomic E-state index is -0.745. The van der Waals surface area contributed by atoms with Gasteiger partial charge in [0, 0.05) is 12.0 Å². The first kappa shape index (κ1) is 14.4. The normalized spacial score (nSPS) is 10.6. The molecule has 19 heavy (non-hydrogen) atoms. The second kappa shape index (κ2) is 5.35. The molecule has 1 aromatic rings. The number of amides is 1. The molecule has 1 aromatic carbocycles. The number of primary amides is 1. The number of carbonyl (C=O) groups is 1. The lowest BCUT2D eigenvalue weighted by Gasteiger charge is -2.25. The van der Waals surface area contributed by atoms with Crippen LogP contribution in [0.5, 0.6) is 0 Å². The second-order valence-corrected chi connectivity index (χ2v) is 4.72. The maximum absolute atomic E-state index is 11.0. The van der Waals surface area contributed by atoms with E-state index < -0.39 is 16.4 Å². The minimum absolute atomic E-state index is 0.0148. The van der Waals surface area contributed by atoms with Gasteiger partial charge in [0.15, 0.2) is 0 Å². The number of nitro benzene ring substituents is 1. The molecule has 0 aliphatic rings. The molecule has 0 atom stereocenters. The zero-order valence-corrected chi connectivity index (χ0v) is 10.6. The predicted molar refractivity (Wildman–Crippen MR) is 69.3 cm³/mol. The van der Waals surface area contributed by atoms with Crippen LogP contribution in [-0.2, 0) is 4.79 Å². The number of nitrogens with one attached hydrogen (secondary N) is 1. The molecule has 7 nitrogen and oxygen atoms in total. The lowest BCUT2D eigenvalue weighted by atomic mass is 9.99. The van der Waals surface area contributed by atoms with Crippen molar-refractivity contribution in [1.82, 2.24) is 0 Å². The first-order valence-corrected chi connectivity index (χ1v) is 5.51. The zero-order valence-electron chi connectivity index (χ0n) is 10.6. The van der Waals surface area contributed by atoms with Crippen molar-refractivity contribution in [1.29, 1.82) is 5.26 Å². The number of benzene rings is 1. The number of nitriles is 1. The van der Waals surface area contributed by atoms with Gasteiger partial charge in [-0.15, -0.1) is 0 Å². The van der Waals surface area contributed by atoms with E-state index in [1.54, 1.807) is 19.9 Å². The number of carbonyl (C=O) groups excluding carboxylic acids is 1. The molecule has 0 saturated heterocycles. The van der Waals surface area contributed by atoms with Gasteiger partial charge in [-0.1, -0.05) is 6.07 Å². The number of nitrogens with zero attached hydrogens (tertiary/aromatic N) is 2. The van der Waals surface area contributed by atoms with Crippen molar-refractivity contribution in [2.24, 2.45) is 5.73 Å². The van der Waals surface area contributed by atoms with Crippen molar-refractivity contribution in [2.45, 2.75) is 25.8 Å². The Labute approximate surface area is 110 Å². The van der Waals surface area contributed by atoms with Gasteiger partial charge < -0.3 is 11.1 Å². The highest BCUT2D eigenvalue weighted by Gasteiger charge is 2.26. The number of nitro groups is 1. The zero-order chi connectivity index (χ0) is 14.6. The number of hydrogen-bond acceptors (Lipinski definition) is 5. The van der Waals surface area contributed by atoms with Crippen molar-refractivity contribution >= 4 is 17.3 Å². The van der Waals surface area contributed by atoms with Crippen molar-refractivity contribution in [3.05, 3.63) is 33.9 Å². The molecule has 0 radical (unpaired) electrons. The van der Waals surface area contributed by atoms with Gasteiger partial charge in [-0.05, 0) is 26.0 Å². The van der Waals surface area contributed by atoms with Gasteiger partial charge in [0.05, 0.1) is 4.92 Å². The highest BCUT2D eigenvalue weighted by Crippen LogP contribution is 2.30. The number of anilines is 1. The van der Waals surface area contributed by atoms with E-state index in [1.165, 1.54) is 18.2 Å². The average Bonchev–Trinajstić information content (AvgIpc) is 2.25. The molecule has 0 heterocycles. The summed E-state index contributed by atoms with van der Waals surface area (Å²) in [7, 11) is 0. The standard InChI is InChI=1S/C12H14N4O3/c1-12(2,6-10(14)17)15-9-5-3-4-8(7-13)11(9)16(18)19/h3-5,15H,6H2,1-2H3,(H2,14,17). The van der Waals surface area contributed by atoms with Gasteiger partial charge >= 0.3 is 5.69 Å². The van der Waals surface area contributed by atoms with Gasteiger partial charge in [0.1, 0.15) is 17.3 Å². The fraction of sp³-hybridized carbons (Fsp3) is 0.333. The molecular formula is C12H14N4O3. The summed E-state index contributed by atoms with van der Waals surface area (Å²) in [5.74, 6) is -0.517. The van der Waals surface area contributed by atoms with E-state index in [0.29, 0.717) is 0 Å². The number of rotatable bonds is 5. The van der Waals surface area contributed by atoms with Crippen LogP contribution < -0.4 is 11.1 Å². The fourth-order valence-electron chi connectivity index (χ4n) is 1.78. The molecule has 3 N–H and O–H groups in total. The van der Waals surface area contributed by atoms with E-state index in [1.807, 2.05) is 0 Å². The van der Waals surface area contributed by atoms with Crippen LogP contribution in [0.1, 0.15) is 25.8 Å². The van der Waals surface area contributed by atoms with Crippen LogP contribution in [-0.4, -0.2) is 16.4 Å². The highest BCUT2D eigenvalue weighted by molar-refractivity contribution is 5.76. The van der Waals surface area contributed by atoms with E-state index >= 15 is 0 Å². The second-order valence-electron chi connectivity index (χ2n) is 4.72. The van der Waals surface area contributed by atoms with Crippen LogP contribution in [0, 0.1) is 21.4 Å². The van der Waals surface area contributed by atoms with E-state index in [-0.39, 0.29) is 23.4 Å². The summed E-state index contributed by atoms with van der Waals surface area (Å²) in [4.78, 5) is 21.4. The summed E-state index contributed by atoms with van der Waals surface area (Å²) >= 11 is 0. The van der Waals surface area contributed by atoms with Crippen molar-refractivity contribution in [3.8, 4) is 6.07 Å². The van der Waals surface area contributed by atoms with Crippen LogP contribution in [0.3, 0.4) is 0 Å². The number of hydrogen-bond donors (Lipinski definition) is 2.